The predicted molar refractivity (Wildman–Crippen MR) is 91.4 cm³/mol. The zero-order chi connectivity index (χ0) is 18.0. The van der Waals surface area contributed by atoms with E-state index in [2.05, 4.69) is 10.6 Å². The lowest BCUT2D eigenvalue weighted by Gasteiger charge is -2.14. The van der Waals surface area contributed by atoms with E-state index in [0.717, 1.165) is 4.90 Å². The fourth-order valence-corrected chi connectivity index (χ4v) is 3.25. The fraction of sp³-hybridized carbons (Fsp3) is 0.333. The summed E-state index contributed by atoms with van der Waals surface area (Å²) in [5, 5.41) is 5.28. The van der Waals surface area contributed by atoms with E-state index < -0.39 is 5.91 Å². The van der Waals surface area contributed by atoms with Crippen LogP contribution in [0.5, 0.6) is 0 Å². The Kier molecular flexibility index (Phi) is 4.65. The Morgan fingerprint density at radius 3 is 2.16 bits per heavy atom. The molecule has 2 aliphatic rings. The summed E-state index contributed by atoms with van der Waals surface area (Å²) in [5.74, 6) is -1.90. The van der Waals surface area contributed by atoms with Gasteiger partial charge in [-0.1, -0.05) is 18.2 Å². The van der Waals surface area contributed by atoms with Crippen molar-refractivity contribution in [1.29, 1.82) is 0 Å². The molecule has 1 fully saturated rings. The lowest BCUT2D eigenvalue weighted by molar-refractivity contribution is -0.142. The molecule has 0 spiro atoms. The maximum Gasteiger partial charge on any atom is 0.244 e. The third kappa shape index (κ3) is 3.60. The number of rotatable bonds is 4. The minimum Gasteiger partial charge on any atom is -0.326 e. The Morgan fingerprint density at radius 1 is 1.04 bits per heavy atom. The van der Waals surface area contributed by atoms with Gasteiger partial charge in [-0.15, -0.1) is 0 Å². The fourth-order valence-electron chi connectivity index (χ4n) is 3.25. The van der Waals surface area contributed by atoms with E-state index in [9.17, 15) is 19.2 Å². The third-order valence-electron chi connectivity index (χ3n) is 4.37. The number of hydrogen-bond donors (Lipinski definition) is 2. The van der Waals surface area contributed by atoms with Crippen molar-refractivity contribution in [3.63, 3.8) is 0 Å². The number of anilines is 2. The van der Waals surface area contributed by atoms with Gasteiger partial charge in [0.2, 0.25) is 23.6 Å². The van der Waals surface area contributed by atoms with Crippen LogP contribution in [0.4, 0.5) is 11.4 Å². The molecule has 1 saturated heterocycles. The number of imide groups is 1. The highest BCUT2D eigenvalue weighted by Gasteiger charge is 2.47. The summed E-state index contributed by atoms with van der Waals surface area (Å²) in [6.45, 7) is 1.10. The molecule has 1 heterocycles. The first-order valence-corrected chi connectivity index (χ1v) is 8.13. The molecular formula is C18H19N3O4. The summed E-state index contributed by atoms with van der Waals surface area (Å²) in [7, 11) is 0. The topological polar surface area (TPSA) is 95.6 Å². The van der Waals surface area contributed by atoms with Gasteiger partial charge in [-0.2, -0.15) is 0 Å². The van der Waals surface area contributed by atoms with E-state index in [1.807, 2.05) is 12.2 Å². The smallest absolute Gasteiger partial charge is 0.244 e. The molecule has 1 aliphatic carbocycles. The Hall–Kier alpha value is -2.96. The van der Waals surface area contributed by atoms with Crippen molar-refractivity contribution >= 4 is 35.0 Å². The van der Waals surface area contributed by atoms with E-state index in [0.29, 0.717) is 24.2 Å². The molecule has 0 unspecified atom stereocenters. The molecule has 0 radical (unpaired) electrons. The Bertz CT molecular complexity index is 745. The molecule has 0 bridgehead atoms. The molecule has 0 saturated carbocycles. The molecule has 4 amide bonds. The standard InChI is InChI=1S/C18H19N3O4/c1-11(22)19-12-5-4-6-13(9-12)20-16(23)10-21-17(24)14-7-2-3-8-15(14)18(21)25/h2-6,9,14-15H,7-8,10H2,1H3,(H,19,22)(H,20,23)/t14-,15+. The number of amides is 4. The molecule has 2 atom stereocenters. The number of carbonyl (C=O) groups excluding carboxylic acids is 4. The van der Waals surface area contributed by atoms with Gasteiger partial charge < -0.3 is 10.6 Å². The molecule has 130 valence electrons. The summed E-state index contributed by atoms with van der Waals surface area (Å²) in [5.41, 5.74) is 1.03. The number of fused-ring (bicyclic) bond motifs is 1. The molecule has 7 heteroatoms. The van der Waals surface area contributed by atoms with E-state index in [1.54, 1.807) is 24.3 Å². The van der Waals surface area contributed by atoms with Gasteiger partial charge in [-0.3, -0.25) is 24.1 Å². The van der Waals surface area contributed by atoms with Crippen LogP contribution < -0.4 is 10.6 Å². The third-order valence-corrected chi connectivity index (χ3v) is 4.37. The van der Waals surface area contributed by atoms with Crippen LogP contribution in [0.15, 0.2) is 36.4 Å². The highest BCUT2D eigenvalue weighted by atomic mass is 16.2. The van der Waals surface area contributed by atoms with E-state index in [-0.39, 0.29) is 36.1 Å². The number of hydrogen-bond acceptors (Lipinski definition) is 4. The molecular weight excluding hydrogens is 322 g/mol. The first-order chi connectivity index (χ1) is 12.0. The Labute approximate surface area is 145 Å². The lowest BCUT2D eigenvalue weighted by atomic mass is 9.85. The second-order valence-electron chi connectivity index (χ2n) is 6.23. The molecule has 1 aliphatic heterocycles. The number of likely N-dealkylation sites (tertiary alicyclic amines) is 1. The van der Waals surface area contributed by atoms with Crippen molar-refractivity contribution in [1.82, 2.24) is 4.90 Å². The van der Waals surface area contributed by atoms with Gasteiger partial charge in [-0.05, 0) is 31.0 Å². The van der Waals surface area contributed by atoms with Crippen molar-refractivity contribution in [3.05, 3.63) is 36.4 Å². The van der Waals surface area contributed by atoms with Crippen LogP contribution in [-0.4, -0.2) is 35.1 Å². The average Bonchev–Trinajstić information content (AvgIpc) is 2.80. The van der Waals surface area contributed by atoms with Crippen molar-refractivity contribution < 1.29 is 19.2 Å². The van der Waals surface area contributed by atoms with Crippen molar-refractivity contribution in [3.8, 4) is 0 Å². The van der Waals surface area contributed by atoms with Gasteiger partial charge in [-0.25, -0.2) is 0 Å². The molecule has 3 rings (SSSR count). The highest BCUT2D eigenvalue weighted by Crippen LogP contribution is 2.34. The second-order valence-corrected chi connectivity index (χ2v) is 6.23. The first kappa shape index (κ1) is 16.9. The van der Waals surface area contributed by atoms with Gasteiger partial charge in [0, 0.05) is 18.3 Å². The quantitative estimate of drug-likeness (QED) is 0.641. The minimum atomic E-state index is -0.451. The van der Waals surface area contributed by atoms with Gasteiger partial charge in [0.25, 0.3) is 0 Å². The predicted octanol–water partition coefficient (Wildman–Crippen LogP) is 1.53. The molecule has 2 N–H and O–H groups in total. The lowest BCUT2D eigenvalue weighted by Crippen LogP contribution is -2.38. The average molecular weight is 341 g/mol. The largest absolute Gasteiger partial charge is 0.326 e. The monoisotopic (exact) mass is 341 g/mol. The molecule has 25 heavy (non-hydrogen) atoms. The van der Waals surface area contributed by atoms with Gasteiger partial charge in [0.05, 0.1) is 11.8 Å². The van der Waals surface area contributed by atoms with Gasteiger partial charge >= 0.3 is 0 Å². The Morgan fingerprint density at radius 2 is 1.60 bits per heavy atom. The molecule has 1 aromatic carbocycles. The number of carbonyl (C=O) groups is 4. The number of benzene rings is 1. The van der Waals surface area contributed by atoms with Gasteiger partial charge in [0.1, 0.15) is 6.54 Å². The maximum atomic E-state index is 12.4. The van der Waals surface area contributed by atoms with Crippen LogP contribution in [-0.2, 0) is 19.2 Å². The zero-order valence-electron chi connectivity index (χ0n) is 13.8. The Balaban J connectivity index is 1.64. The summed E-state index contributed by atoms with van der Waals surface area (Å²) >= 11 is 0. The summed E-state index contributed by atoms with van der Waals surface area (Å²) < 4.78 is 0. The van der Waals surface area contributed by atoms with E-state index >= 15 is 0 Å². The number of nitrogens with one attached hydrogen (secondary N) is 2. The highest BCUT2D eigenvalue weighted by molar-refractivity contribution is 6.09. The van der Waals surface area contributed by atoms with Crippen LogP contribution >= 0.6 is 0 Å². The molecule has 7 nitrogen and oxygen atoms in total. The van der Waals surface area contributed by atoms with Crippen LogP contribution in [0.1, 0.15) is 19.8 Å². The van der Waals surface area contributed by atoms with Gasteiger partial charge in [0.15, 0.2) is 0 Å². The van der Waals surface area contributed by atoms with Crippen molar-refractivity contribution in [2.75, 3.05) is 17.2 Å². The first-order valence-electron chi connectivity index (χ1n) is 8.13. The van der Waals surface area contributed by atoms with Crippen LogP contribution in [0.3, 0.4) is 0 Å². The van der Waals surface area contributed by atoms with Crippen LogP contribution in [0.25, 0.3) is 0 Å². The SMILES string of the molecule is CC(=O)Nc1cccc(NC(=O)CN2C(=O)[C@H]3CC=CC[C@H]3C2=O)c1. The van der Waals surface area contributed by atoms with E-state index in [4.69, 9.17) is 0 Å². The summed E-state index contributed by atoms with van der Waals surface area (Å²) in [6.07, 6.45) is 4.91. The van der Waals surface area contributed by atoms with Crippen LogP contribution in [0, 0.1) is 11.8 Å². The second kappa shape index (κ2) is 6.88. The summed E-state index contributed by atoms with van der Waals surface area (Å²) in [6, 6.07) is 6.66. The minimum absolute atomic E-state index is 0.215. The zero-order valence-corrected chi connectivity index (χ0v) is 13.8. The van der Waals surface area contributed by atoms with Crippen LogP contribution in [0.2, 0.25) is 0 Å². The number of nitrogens with zero attached hydrogens (tertiary/aromatic N) is 1. The normalized spacial score (nSPS) is 21.9. The summed E-state index contributed by atoms with van der Waals surface area (Å²) in [4.78, 5) is 49.1. The van der Waals surface area contributed by atoms with Crippen molar-refractivity contribution in [2.24, 2.45) is 11.8 Å². The van der Waals surface area contributed by atoms with Crippen molar-refractivity contribution in [2.45, 2.75) is 19.8 Å². The maximum absolute atomic E-state index is 12.4. The molecule has 0 aromatic heterocycles. The van der Waals surface area contributed by atoms with E-state index in [1.165, 1.54) is 6.92 Å². The number of allylic oxidation sites excluding steroid dienone is 2. The molecule has 1 aromatic rings.